The van der Waals surface area contributed by atoms with Gasteiger partial charge in [-0.3, -0.25) is 9.36 Å². The quantitative estimate of drug-likeness (QED) is 0.771. The highest BCUT2D eigenvalue weighted by Gasteiger charge is 2.33. The van der Waals surface area contributed by atoms with Gasteiger partial charge in [-0.15, -0.1) is 11.6 Å². The van der Waals surface area contributed by atoms with Crippen molar-refractivity contribution in [3.63, 3.8) is 0 Å². The van der Waals surface area contributed by atoms with Crippen molar-refractivity contribution < 1.29 is 4.79 Å². The first kappa shape index (κ1) is 10.2. The highest BCUT2D eigenvalue weighted by molar-refractivity contribution is 8.00. The van der Waals surface area contributed by atoms with Gasteiger partial charge in [0, 0.05) is 5.88 Å². The average Bonchev–Trinajstić information content (AvgIpc) is 2.78. The number of fused-ring (bicyclic) bond motifs is 3. The lowest BCUT2D eigenvalue weighted by Gasteiger charge is -2.03. The lowest BCUT2D eigenvalue weighted by molar-refractivity contribution is 0.0914. The number of alkyl halides is 1. The fourth-order valence-corrected chi connectivity index (χ4v) is 3.39. The monoisotopic (exact) mass is 252 g/mol. The van der Waals surface area contributed by atoms with Crippen LogP contribution in [0.4, 0.5) is 0 Å². The lowest BCUT2D eigenvalue weighted by Crippen LogP contribution is -2.17. The molecule has 0 aliphatic carbocycles. The summed E-state index contributed by atoms with van der Waals surface area (Å²) in [6, 6.07) is 7.69. The molecular formula is C11H9ClN2OS. The van der Waals surface area contributed by atoms with Crippen molar-refractivity contribution in [3.05, 3.63) is 24.3 Å². The van der Waals surface area contributed by atoms with Gasteiger partial charge in [-0.1, -0.05) is 23.9 Å². The van der Waals surface area contributed by atoms with Crippen LogP contribution in [-0.2, 0) is 0 Å². The largest absolute Gasteiger partial charge is 0.273 e. The van der Waals surface area contributed by atoms with Crippen molar-refractivity contribution in [2.75, 3.05) is 5.88 Å². The van der Waals surface area contributed by atoms with Gasteiger partial charge >= 0.3 is 0 Å². The topological polar surface area (TPSA) is 34.9 Å². The summed E-state index contributed by atoms with van der Waals surface area (Å²) < 4.78 is 1.71. The van der Waals surface area contributed by atoms with E-state index in [1.165, 1.54) is 11.8 Å². The second kappa shape index (κ2) is 3.79. The van der Waals surface area contributed by atoms with Gasteiger partial charge in [0.2, 0.25) is 5.91 Å². The van der Waals surface area contributed by atoms with E-state index in [4.69, 9.17) is 11.6 Å². The summed E-state index contributed by atoms with van der Waals surface area (Å²) in [5.74, 6) is 0.612. The molecule has 0 bridgehead atoms. The van der Waals surface area contributed by atoms with Crippen LogP contribution >= 0.6 is 23.4 Å². The Bertz CT molecular complexity index is 566. The van der Waals surface area contributed by atoms with Crippen LogP contribution in [0.5, 0.6) is 0 Å². The van der Waals surface area contributed by atoms with Crippen molar-refractivity contribution in [2.45, 2.75) is 16.8 Å². The third kappa shape index (κ3) is 1.37. The highest BCUT2D eigenvalue weighted by atomic mass is 35.5. The SMILES string of the molecule is O=C1[C@H](CCCl)Sc2nc3ccccc3n21. The zero-order chi connectivity index (χ0) is 11.1. The molecule has 16 heavy (non-hydrogen) atoms. The fraction of sp³-hybridized carbons (Fsp3) is 0.273. The minimum atomic E-state index is -0.0652. The molecule has 1 aliphatic rings. The Morgan fingerprint density at radius 2 is 2.25 bits per heavy atom. The molecule has 1 aromatic heterocycles. The molecular weight excluding hydrogens is 244 g/mol. The number of nitrogens with zero attached hydrogens (tertiary/aromatic N) is 2. The van der Waals surface area contributed by atoms with E-state index < -0.39 is 0 Å². The molecule has 0 fully saturated rings. The Labute approximate surface area is 102 Å². The zero-order valence-corrected chi connectivity index (χ0v) is 9.96. The van der Waals surface area contributed by atoms with Crippen molar-refractivity contribution >= 4 is 40.3 Å². The molecule has 0 amide bonds. The molecule has 3 nitrogen and oxygen atoms in total. The number of halogens is 1. The van der Waals surface area contributed by atoms with E-state index in [1.54, 1.807) is 4.57 Å². The number of imidazole rings is 1. The van der Waals surface area contributed by atoms with E-state index in [2.05, 4.69) is 4.98 Å². The molecule has 82 valence electrons. The van der Waals surface area contributed by atoms with Gasteiger partial charge in [0.05, 0.1) is 16.3 Å². The number of benzene rings is 1. The maximum absolute atomic E-state index is 12.1. The first-order valence-electron chi connectivity index (χ1n) is 5.05. The van der Waals surface area contributed by atoms with E-state index in [0.717, 1.165) is 16.2 Å². The standard InChI is InChI=1S/C11H9ClN2OS/c12-6-5-9-10(15)14-8-4-2-1-3-7(8)13-11(14)16-9/h1-4,9H,5-6H2/t9-/m0/s1. The Kier molecular flexibility index (Phi) is 2.41. The predicted octanol–water partition coefficient (Wildman–Crippen LogP) is 2.78. The van der Waals surface area contributed by atoms with Gasteiger partial charge in [-0.05, 0) is 18.6 Å². The first-order valence-corrected chi connectivity index (χ1v) is 6.47. The van der Waals surface area contributed by atoms with Crippen LogP contribution in [0.2, 0.25) is 0 Å². The van der Waals surface area contributed by atoms with Crippen LogP contribution < -0.4 is 0 Å². The van der Waals surface area contributed by atoms with Crippen molar-refractivity contribution in [1.82, 2.24) is 9.55 Å². The summed E-state index contributed by atoms with van der Waals surface area (Å²) in [5, 5.41) is 0.728. The summed E-state index contributed by atoms with van der Waals surface area (Å²) in [5.41, 5.74) is 1.77. The normalized spacial score (nSPS) is 19.3. The van der Waals surface area contributed by atoms with E-state index in [9.17, 15) is 4.79 Å². The maximum atomic E-state index is 12.1. The Balaban J connectivity index is 2.12. The summed E-state index contributed by atoms with van der Waals surface area (Å²) >= 11 is 7.19. The molecule has 0 saturated heterocycles. The molecule has 0 saturated carbocycles. The van der Waals surface area contributed by atoms with Gasteiger partial charge in [0.1, 0.15) is 0 Å². The molecule has 0 radical (unpaired) electrons. The number of hydrogen-bond acceptors (Lipinski definition) is 3. The molecule has 5 heteroatoms. The van der Waals surface area contributed by atoms with E-state index >= 15 is 0 Å². The molecule has 2 aromatic rings. The van der Waals surface area contributed by atoms with Crippen LogP contribution in [0, 0.1) is 0 Å². The van der Waals surface area contributed by atoms with E-state index in [1.807, 2.05) is 24.3 Å². The number of carbonyl (C=O) groups is 1. The Morgan fingerprint density at radius 3 is 3.06 bits per heavy atom. The molecule has 1 atom stereocenters. The number of aromatic nitrogens is 2. The van der Waals surface area contributed by atoms with Gasteiger partial charge in [0.25, 0.3) is 0 Å². The number of para-hydroxylation sites is 2. The zero-order valence-electron chi connectivity index (χ0n) is 8.39. The molecule has 1 aromatic carbocycles. The number of carbonyl (C=O) groups excluding carboxylic acids is 1. The average molecular weight is 253 g/mol. The molecule has 3 rings (SSSR count). The van der Waals surface area contributed by atoms with Gasteiger partial charge < -0.3 is 0 Å². The molecule has 1 aliphatic heterocycles. The molecule has 0 N–H and O–H groups in total. The van der Waals surface area contributed by atoms with E-state index in [0.29, 0.717) is 12.3 Å². The number of thioether (sulfide) groups is 1. The van der Waals surface area contributed by atoms with E-state index in [-0.39, 0.29) is 11.2 Å². The van der Waals surface area contributed by atoms with Crippen molar-refractivity contribution in [1.29, 1.82) is 0 Å². The second-order valence-corrected chi connectivity index (χ2v) is 5.19. The summed E-state index contributed by atoms with van der Waals surface area (Å²) in [6.07, 6.45) is 0.697. The lowest BCUT2D eigenvalue weighted by atomic mass is 10.3. The summed E-state index contributed by atoms with van der Waals surface area (Å²) in [7, 11) is 0. The van der Waals surface area contributed by atoms with Crippen LogP contribution in [0.1, 0.15) is 11.2 Å². The molecule has 0 unspecified atom stereocenters. The van der Waals surface area contributed by atoms with Gasteiger partial charge in [-0.25, -0.2) is 4.98 Å². The minimum absolute atomic E-state index is 0.0652. The first-order chi connectivity index (χ1) is 7.81. The van der Waals surface area contributed by atoms with Crippen molar-refractivity contribution in [3.8, 4) is 0 Å². The molecule has 2 heterocycles. The Morgan fingerprint density at radius 1 is 1.44 bits per heavy atom. The van der Waals surface area contributed by atoms with Crippen molar-refractivity contribution in [2.24, 2.45) is 0 Å². The maximum Gasteiger partial charge on any atom is 0.246 e. The predicted molar refractivity (Wildman–Crippen MR) is 65.3 cm³/mol. The smallest absolute Gasteiger partial charge is 0.246 e. The fourth-order valence-electron chi connectivity index (χ4n) is 1.90. The van der Waals surface area contributed by atoms with Crippen LogP contribution in [0.3, 0.4) is 0 Å². The van der Waals surface area contributed by atoms with Crippen LogP contribution in [-0.4, -0.2) is 26.6 Å². The van der Waals surface area contributed by atoms with Crippen LogP contribution in [0.25, 0.3) is 11.0 Å². The van der Waals surface area contributed by atoms with Gasteiger partial charge in [0.15, 0.2) is 5.16 Å². The molecule has 0 spiro atoms. The van der Waals surface area contributed by atoms with Crippen LogP contribution in [0.15, 0.2) is 29.4 Å². The Hall–Kier alpha value is -1.00. The third-order valence-electron chi connectivity index (χ3n) is 2.64. The summed E-state index contributed by atoms with van der Waals surface area (Å²) in [6.45, 7) is 0. The number of hydrogen-bond donors (Lipinski definition) is 0. The third-order valence-corrected chi connectivity index (χ3v) is 4.07. The number of rotatable bonds is 2. The van der Waals surface area contributed by atoms with Gasteiger partial charge in [-0.2, -0.15) is 0 Å². The second-order valence-electron chi connectivity index (χ2n) is 3.64. The minimum Gasteiger partial charge on any atom is -0.273 e. The summed E-state index contributed by atoms with van der Waals surface area (Å²) in [4.78, 5) is 16.5. The highest BCUT2D eigenvalue weighted by Crippen LogP contribution is 2.36.